The molecule has 0 spiro atoms. The fourth-order valence-electron chi connectivity index (χ4n) is 5.94. The van der Waals surface area contributed by atoms with Crippen molar-refractivity contribution in [2.45, 2.75) is 79.2 Å². The van der Waals surface area contributed by atoms with Crippen molar-refractivity contribution >= 4 is 23.0 Å². The van der Waals surface area contributed by atoms with Gasteiger partial charge in [-0.3, -0.25) is 4.79 Å². The van der Waals surface area contributed by atoms with E-state index < -0.39 is 17.4 Å². The normalized spacial score (nSPS) is 15.5. The van der Waals surface area contributed by atoms with Crippen LogP contribution in [0.5, 0.6) is 5.75 Å². The van der Waals surface area contributed by atoms with E-state index in [1.54, 1.807) is 27.7 Å². The zero-order chi connectivity index (χ0) is 31.9. The maximum atomic E-state index is 15.3. The Bertz CT molecular complexity index is 1690. The molecule has 0 amide bonds. The monoisotopic (exact) mass is 607 g/mol. The largest absolute Gasteiger partial charge is 0.490 e. The number of ether oxygens (including phenoxy) is 1. The number of rotatable bonds is 5. The third-order valence-corrected chi connectivity index (χ3v) is 8.21. The van der Waals surface area contributed by atoms with E-state index in [1.807, 2.05) is 24.6 Å². The van der Waals surface area contributed by atoms with Gasteiger partial charge in [0.15, 0.2) is 11.6 Å². The number of anilines is 1. The van der Waals surface area contributed by atoms with Crippen LogP contribution in [0.3, 0.4) is 0 Å². The highest BCUT2D eigenvalue weighted by Crippen LogP contribution is 2.43. The van der Waals surface area contributed by atoms with E-state index in [-0.39, 0.29) is 6.42 Å². The lowest BCUT2D eigenvalue weighted by molar-refractivity contribution is -0.136. The van der Waals surface area contributed by atoms with Crippen LogP contribution in [-0.2, 0) is 24.7 Å². The van der Waals surface area contributed by atoms with Gasteiger partial charge < -0.3 is 28.9 Å². The smallest absolute Gasteiger partial charge is 0.324 e. The van der Waals surface area contributed by atoms with Crippen molar-refractivity contribution in [3.63, 3.8) is 0 Å². The molecule has 44 heavy (non-hydrogen) atoms. The second kappa shape index (κ2) is 12.2. The van der Waals surface area contributed by atoms with E-state index in [9.17, 15) is 9.90 Å². The predicted octanol–water partition coefficient (Wildman–Crippen LogP) is 6.01. The number of aliphatic hydroxyl groups is 1. The van der Waals surface area contributed by atoms with Gasteiger partial charge in [0.25, 0.3) is 0 Å². The maximum absolute atomic E-state index is 15.3. The molecule has 2 aliphatic heterocycles. The fourth-order valence-corrected chi connectivity index (χ4v) is 5.94. The minimum Gasteiger partial charge on any atom is -0.490 e. The van der Waals surface area contributed by atoms with Crippen LogP contribution in [0.25, 0.3) is 33.7 Å². The Labute approximate surface area is 256 Å². The van der Waals surface area contributed by atoms with Crippen molar-refractivity contribution in [2.75, 3.05) is 24.6 Å². The Morgan fingerprint density at radius 2 is 1.84 bits per heavy atom. The SMILES string of the molecule is CC(C)(C)O.Cc1nc2c(cc(-c3noc(N4CCC(C)CC4)n3)n2C)c(-c2cc(F)c3c(c2C)CCCO3)c1CC(=O)O. The molecule has 6 rings (SSSR count). The van der Waals surface area contributed by atoms with Crippen molar-refractivity contribution in [3.8, 4) is 28.4 Å². The van der Waals surface area contributed by atoms with Crippen LogP contribution in [0.2, 0.25) is 0 Å². The number of benzene rings is 1. The standard InChI is InChI=1S/C29H32FN5O4.C4H10O/c1-15-7-9-35(10-8-15)29-32-27(33-39-29)23-13-21-25(20(14-24(36)37)17(3)31-28(21)34(23)4)19-12-22(30)26-18(16(19)2)6-5-11-38-26;1-4(2,3)5/h12-13,15H,5-11,14H2,1-4H3,(H,36,37);5H,1-3H3. The first kappa shape index (κ1) is 31.4. The zero-order valence-corrected chi connectivity index (χ0v) is 26.6. The number of nitrogens with zero attached hydrogens (tertiary/aromatic N) is 5. The van der Waals surface area contributed by atoms with Gasteiger partial charge in [-0.15, -0.1) is 0 Å². The molecule has 5 heterocycles. The van der Waals surface area contributed by atoms with E-state index >= 15 is 4.39 Å². The average Bonchev–Trinajstić information content (AvgIpc) is 3.56. The number of carboxylic acid groups (broad SMARTS) is 1. The molecule has 0 atom stereocenters. The van der Waals surface area contributed by atoms with Crippen LogP contribution < -0.4 is 9.64 Å². The van der Waals surface area contributed by atoms with Crippen LogP contribution in [0.15, 0.2) is 16.7 Å². The first-order chi connectivity index (χ1) is 20.7. The Kier molecular flexibility index (Phi) is 8.71. The van der Waals surface area contributed by atoms with Crippen LogP contribution in [0.4, 0.5) is 10.4 Å². The molecular formula is C33H42FN5O5. The summed E-state index contributed by atoms with van der Waals surface area (Å²) in [6.45, 7) is 13.4. The van der Waals surface area contributed by atoms with Crippen molar-refractivity contribution in [1.82, 2.24) is 19.7 Å². The third-order valence-electron chi connectivity index (χ3n) is 8.21. The molecule has 2 aliphatic rings. The number of aromatic nitrogens is 4. The lowest BCUT2D eigenvalue weighted by Gasteiger charge is -2.28. The van der Waals surface area contributed by atoms with Crippen molar-refractivity contribution in [3.05, 3.63) is 40.3 Å². The molecule has 11 heteroatoms. The quantitative estimate of drug-likeness (QED) is 0.280. The van der Waals surface area contributed by atoms with Gasteiger partial charge in [-0.05, 0) is 101 Å². The third kappa shape index (κ3) is 6.43. The summed E-state index contributed by atoms with van der Waals surface area (Å²) in [4.78, 5) is 23.5. The number of halogens is 1. The van der Waals surface area contributed by atoms with Crippen molar-refractivity contribution in [1.29, 1.82) is 0 Å². The molecule has 1 aromatic carbocycles. The number of hydrogen-bond donors (Lipinski definition) is 2. The zero-order valence-electron chi connectivity index (χ0n) is 26.6. The molecule has 0 bridgehead atoms. The molecule has 3 aromatic heterocycles. The molecule has 1 saturated heterocycles. The topological polar surface area (TPSA) is 127 Å². The second-order valence-electron chi connectivity index (χ2n) is 13.0. The van der Waals surface area contributed by atoms with E-state index in [2.05, 4.69) is 17.0 Å². The highest BCUT2D eigenvalue weighted by Gasteiger charge is 2.28. The van der Waals surface area contributed by atoms with Gasteiger partial charge in [-0.2, -0.15) is 4.98 Å². The number of fused-ring (bicyclic) bond motifs is 2. The summed E-state index contributed by atoms with van der Waals surface area (Å²) >= 11 is 0. The Balaban J connectivity index is 0.000000712. The van der Waals surface area contributed by atoms with Gasteiger partial charge in [-0.1, -0.05) is 12.1 Å². The fraction of sp³-hybridized carbons (Fsp3) is 0.515. The number of carboxylic acids is 1. The van der Waals surface area contributed by atoms with E-state index in [4.69, 9.17) is 24.3 Å². The Morgan fingerprint density at radius 3 is 2.50 bits per heavy atom. The molecule has 0 radical (unpaired) electrons. The summed E-state index contributed by atoms with van der Waals surface area (Å²) in [5.41, 5.74) is 4.99. The average molecular weight is 608 g/mol. The minimum absolute atomic E-state index is 0.233. The van der Waals surface area contributed by atoms with Crippen LogP contribution in [-0.4, -0.2) is 61.2 Å². The summed E-state index contributed by atoms with van der Waals surface area (Å²) < 4.78 is 28.5. The first-order valence-electron chi connectivity index (χ1n) is 15.2. The number of pyridine rings is 1. The van der Waals surface area contributed by atoms with E-state index in [0.29, 0.717) is 75.6 Å². The molecule has 236 valence electrons. The second-order valence-corrected chi connectivity index (χ2v) is 13.0. The number of aliphatic carboxylic acids is 1. The van der Waals surface area contributed by atoms with E-state index in [1.165, 1.54) is 6.07 Å². The summed E-state index contributed by atoms with van der Waals surface area (Å²) in [6, 6.07) is 3.86. The number of piperidine rings is 1. The van der Waals surface area contributed by atoms with Gasteiger partial charge in [0, 0.05) is 36.8 Å². The van der Waals surface area contributed by atoms with Crippen molar-refractivity contribution < 1.29 is 28.7 Å². The Hall–Kier alpha value is -3.99. The minimum atomic E-state index is -0.977. The number of aryl methyl sites for hydroxylation is 2. The van der Waals surface area contributed by atoms with Crippen LogP contribution >= 0.6 is 0 Å². The van der Waals surface area contributed by atoms with Crippen LogP contribution in [0, 0.1) is 25.6 Å². The van der Waals surface area contributed by atoms with Gasteiger partial charge in [0.05, 0.1) is 24.3 Å². The molecule has 1 fully saturated rings. The number of carbonyl (C=O) groups is 1. The Morgan fingerprint density at radius 1 is 1.16 bits per heavy atom. The summed E-state index contributed by atoms with van der Waals surface area (Å²) in [7, 11) is 1.87. The highest BCUT2D eigenvalue weighted by molar-refractivity contribution is 6.00. The molecule has 4 aromatic rings. The predicted molar refractivity (Wildman–Crippen MR) is 167 cm³/mol. The number of hydrogen-bond acceptors (Lipinski definition) is 8. The molecule has 0 saturated carbocycles. The molecule has 10 nitrogen and oxygen atoms in total. The lowest BCUT2D eigenvalue weighted by atomic mass is 9.87. The van der Waals surface area contributed by atoms with Crippen molar-refractivity contribution in [2.24, 2.45) is 13.0 Å². The van der Waals surface area contributed by atoms with E-state index in [0.717, 1.165) is 43.5 Å². The molecule has 0 aliphatic carbocycles. The maximum Gasteiger partial charge on any atom is 0.324 e. The summed E-state index contributed by atoms with van der Waals surface area (Å²) in [5, 5.41) is 23.3. The molecule has 0 unspecified atom stereocenters. The van der Waals surface area contributed by atoms with Gasteiger partial charge in [-0.25, -0.2) is 9.37 Å². The van der Waals surface area contributed by atoms with Gasteiger partial charge >= 0.3 is 12.0 Å². The summed E-state index contributed by atoms with van der Waals surface area (Å²) in [5.74, 6) is -0.0181. The lowest BCUT2D eigenvalue weighted by Crippen LogP contribution is -2.32. The summed E-state index contributed by atoms with van der Waals surface area (Å²) in [6.07, 6.45) is 3.42. The molecular weight excluding hydrogens is 565 g/mol. The molecule has 2 N–H and O–H groups in total. The van der Waals surface area contributed by atoms with Gasteiger partial charge in [0.2, 0.25) is 5.82 Å². The van der Waals surface area contributed by atoms with Crippen LogP contribution in [0.1, 0.15) is 69.3 Å². The first-order valence-corrected chi connectivity index (χ1v) is 15.2. The highest BCUT2D eigenvalue weighted by atomic mass is 19.1. The van der Waals surface area contributed by atoms with Gasteiger partial charge in [0.1, 0.15) is 5.65 Å².